The number of anilines is 1. The Balaban J connectivity index is 1.52. The van der Waals surface area contributed by atoms with Crippen molar-refractivity contribution in [2.75, 3.05) is 11.8 Å². The number of halogens is 1. The Kier molecular flexibility index (Phi) is 6.08. The Morgan fingerprint density at radius 2 is 1.90 bits per heavy atom. The van der Waals surface area contributed by atoms with Gasteiger partial charge in [0.1, 0.15) is 5.82 Å². The lowest BCUT2D eigenvalue weighted by molar-refractivity contribution is 0.471. The fourth-order valence-electron chi connectivity index (χ4n) is 3.58. The Morgan fingerprint density at radius 1 is 1.10 bits per heavy atom. The van der Waals surface area contributed by atoms with Crippen LogP contribution in [-0.4, -0.2) is 34.5 Å². The molecule has 1 N–H and O–H groups in total. The standard InChI is InChI=1S/C21H24ClN5O2S/c1-26(15-16-9-11-18(22)12-10-16)30(28,29)25-19-7-5-6-17(14-19)21-24-23-20-8-3-2-4-13-27(20)21/h5-7,9-12,14,25H,2-4,8,13,15H2,1H3. The number of nitrogens with zero attached hydrogens (tertiary/aromatic N) is 4. The van der Waals surface area contributed by atoms with Gasteiger partial charge < -0.3 is 4.57 Å². The zero-order valence-corrected chi connectivity index (χ0v) is 18.3. The predicted molar refractivity (Wildman–Crippen MR) is 118 cm³/mol. The largest absolute Gasteiger partial charge is 0.311 e. The first-order valence-corrected chi connectivity index (χ1v) is 11.8. The van der Waals surface area contributed by atoms with Crippen molar-refractivity contribution in [3.63, 3.8) is 0 Å². The molecule has 0 unspecified atom stereocenters. The second-order valence-electron chi connectivity index (χ2n) is 7.47. The SMILES string of the molecule is CN(Cc1ccc(Cl)cc1)S(=O)(=O)Nc1cccc(-c2nnc3n2CCCCC3)c1. The summed E-state index contributed by atoms with van der Waals surface area (Å²) in [6.07, 6.45) is 4.33. The van der Waals surface area contributed by atoms with Gasteiger partial charge >= 0.3 is 10.2 Å². The van der Waals surface area contributed by atoms with Crippen molar-refractivity contribution in [3.8, 4) is 11.4 Å². The van der Waals surface area contributed by atoms with Gasteiger partial charge in [-0.05, 0) is 42.7 Å². The van der Waals surface area contributed by atoms with E-state index in [0.29, 0.717) is 10.7 Å². The normalized spacial score (nSPS) is 14.4. The molecule has 0 fully saturated rings. The number of benzene rings is 2. The average Bonchev–Trinajstić information content (AvgIpc) is 2.98. The van der Waals surface area contributed by atoms with Crippen molar-refractivity contribution in [2.24, 2.45) is 0 Å². The van der Waals surface area contributed by atoms with Crippen molar-refractivity contribution in [1.29, 1.82) is 0 Å². The maximum Gasteiger partial charge on any atom is 0.301 e. The molecule has 3 aromatic rings. The molecular weight excluding hydrogens is 422 g/mol. The summed E-state index contributed by atoms with van der Waals surface area (Å²) in [5.41, 5.74) is 2.19. The third-order valence-corrected chi connectivity index (χ3v) is 6.90. The second-order valence-corrected chi connectivity index (χ2v) is 9.69. The van der Waals surface area contributed by atoms with E-state index in [1.54, 1.807) is 31.3 Å². The van der Waals surface area contributed by atoms with Crippen LogP contribution in [-0.2, 0) is 29.7 Å². The summed E-state index contributed by atoms with van der Waals surface area (Å²) in [4.78, 5) is 0. The molecule has 2 aromatic carbocycles. The number of nitrogens with one attached hydrogen (secondary N) is 1. The molecule has 4 rings (SSSR count). The first-order valence-electron chi connectivity index (χ1n) is 9.93. The summed E-state index contributed by atoms with van der Waals surface area (Å²) >= 11 is 5.90. The number of hydrogen-bond acceptors (Lipinski definition) is 4. The Hall–Kier alpha value is -2.42. The van der Waals surface area contributed by atoms with Gasteiger partial charge in [0.05, 0.1) is 5.69 Å². The van der Waals surface area contributed by atoms with E-state index < -0.39 is 10.2 Å². The molecule has 1 aromatic heterocycles. The number of aromatic nitrogens is 3. The molecule has 1 aliphatic rings. The third kappa shape index (κ3) is 4.66. The van der Waals surface area contributed by atoms with E-state index in [1.165, 1.54) is 10.7 Å². The van der Waals surface area contributed by atoms with Crippen LogP contribution in [0.25, 0.3) is 11.4 Å². The van der Waals surface area contributed by atoms with Crippen LogP contribution < -0.4 is 4.72 Å². The Labute approximate surface area is 181 Å². The number of rotatable bonds is 6. The van der Waals surface area contributed by atoms with Gasteiger partial charge in [-0.25, -0.2) is 0 Å². The summed E-state index contributed by atoms with van der Waals surface area (Å²) in [5, 5.41) is 9.31. The van der Waals surface area contributed by atoms with Crippen molar-refractivity contribution in [2.45, 2.75) is 38.8 Å². The molecule has 2 heterocycles. The fraction of sp³-hybridized carbons (Fsp3) is 0.333. The predicted octanol–water partition coefficient (Wildman–Crippen LogP) is 4.11. The minimum atomic E-state index is -3.72. The van der Waals surface area contributed by atoms with E-state index in [-0.39, 0.29) is 6.54 Å². The van der Waals surface area contributed by atoms with E-state index in [0.717, 1.165) is 48.6 Å². The van der Waals surface area contributed by atoms with E-state index in [4.69, 9.17) is 11.6 Å². The highest BCUT2D eigenvalue weighted by molar-refractivity contribution is 7.90. The van der Waals surface area contributed by atoms with Gasteiger partial charge in [-0.1, -0.05) is 42.3 Å². The summed E-state index contributed by atoms with van der Waals surface area (Å²) in [5.74, 6) is 1.78. The molecule has 0 bridgehead atoms. The summed E-state index contributed by atoms with van der Waals surface area (Å²) in [7, 11) is -2.18. The topological polar surface area (TPSA) is 80.1 Å². The number of fused-ring (bicyclic) bond motifs is 1. The lowest BCUT2D eigenvalue weighted by atomic mass is 10.2. The monoisotopic (exact) mass is 445 g/mol. The van der Waals surface area contributed by atoms with Crippen LogP contribution >= 0.6 is 11.6 Å². The molecule has 7 nitrogen and oxygen atoms in total. The van der Waals surface area contributed by atoms with Crippen molar-refractivity contribution >= 4 is 27.5 Å². The molecule has 9 heteroatoms. The lowest BCUT2D eigenvalue weighted by Crippen LogP contribution is -2.32. The maximum absolute atomic E-state index is 12.8. The molecule has 0 aliphatic carbocycles. The first-order chi connectivity index (χ1) is 14.4. The first kappa shape index (κ1) is 20.8. The highest BCUT2D eigenvalue weighted by Crippen LogP contribution is 2.25. The Bertz CT molecular complexity index is 1130. The highest BCUT2D eigenvalue weighted by atomic mass is 35.5. The number of hydrogen-bond donors (Lipinski definition) is 1. The van der Waals surface area contributed by atoms with E-state index in [9.17, 15) is 8.42 Å². The molecule has 0 saturated carbocycles. The summed E-state index contributed by atoms with van der Waals surface area (Å²) in [6.45, 7) is 1.13. The van der Waals surface area contributed by atoms with Crippen LogP contribution in [0.4, 0.5) is 5.69 Å². The summed E-state index contributed by atoms with van der Waals surface area (Å²) < 4.78 is 31.7. The summed E-state index contributed by atoms with van der Waals surface area (Å²) in [6, 6.07) is 14.4. The molecule has 0 spiro atoms. The minimum absolute atomic E-state index is 0.240. The zero-order chi connectivity index (χ0) is 21.1. The maximum atomic E-state index is 12.8. The van der Waals surface area contributed by atoms with Gasteiger partial charge in [0.25, 0.3) is 0 Å². The molecule has 0 atom stereocenters. The van der Waals surface area contributed by atoms with E-state index in [2.05, 4.69) is 19.5 Å². The van der Waals surface area contributed by atoms with E-state index >= 15 is 0 Å². The molecule has 1 aliphatic heterocycles. The fourth-order valence-corrected chi connectivity index (χ4v) is 4.60. The molecule has 158 valence electrons. The van der Waals surface area contributed by atoms with E-state index in [1.807, 2.05) is 24.3 Å². The molecular formula is C21H24ClN5O2S. The second kappa shape index (κ2) is 8.75. The lowest BCUT2D eigenvalue weighted by Gasteiger charge is -2.19. The van der Waals surface area contributed by atoms with Crippen molar-refractivity contribution < 1.29 is 8.42 Å². The van der Waals surface area contributed by atoms with Crippen LogP contribution in [0.3, 0.4) is 0 Å². The molecule has 0 amide bonds. The van der Waals surface area contributed by atoms with Gasteiger partial charge in [-0.3, -0.25) is 4.72 Å². The van der Waals surface area contributed by atoms with Crippen LogP contribution in [0.1, 0.15) is 30.7 Å². The molecule has 30 heavy (non-hydrogen) atoms. The van der Waals surface area contributed by atoms with Gasteiger partial charge in [0.15, 0.2) is 5.82 Å². The van der Waals surface area contributed by atoms with Gasteiger partial charge in [-0.2, -0.15) is 12.7 Å². The smallest absolute Gasteiger partial charge is 0.301 e. The van der Waals surface area contributed by atoms with Crippen molar-refractivity contribution in [1.82, 2.24) is 19.1 Å². The minimum Gasteiger partial charge on any atom is -0.311 e. The van der Waals surface area contributed by atoms with Crippen molar-refractivity contribution in [3.05, 3.63) is 64.9 Å². The number of aryl methyl sites for hydroxylation is 1. The van der Waals surface area contributed by atoms with Gasteiger partial charge in [0.2, 0.25) is 0 Å². The van der Waals surface area contributed by atoms with Crippen LogP contribution in [0.5, 0.6) is 0 Å². The van der Waals surface area contributed by atoms with Crippen LogP contribution in [0.15, 0.2) is 48.5 Å². The quantitative estimate of drug-likeness (QED) is 0.619. The molecule has 0 radical (unpaired) electrons. The van der Waals surface area contributed by atoms with Crippen LogP contribution in [0.2, 0.25) is 5.02 Å². The van der Waals surface area contributed by atoms with Gasteiger partial charge in [0, 0.05) is 37.1 Å². The van der Waals surface area contributed by atoms with Crippen LogP contribution in [0, 0.1) is 0 Å². The molecule has 0 saturated heterocycles. The Morgan fingerprint density at radius 3 is 2.70 bits per heavy atom. The van der Waals surface area contributed by atoms with Gasteiger partial charge in [-0.15, -0.1) is 10.2 Å². The zero-order valence-electron chi connectivity index (χ0n) is 16.8. The average molecular weight is 446 g/mol. The third-order valence-electron chi connectivity index (χ3n) is 5.21. The highest BCUT2D eigenvalue weighted by Gasteiger charge is 2.20.